The summed E-state index contributed by atoms with van der Waals surface area (Å²) in [5.74, 6) is 0.690. The Morgan fingerprint density at radius 1 is 1.38 bits per heavy atom. The maximum absolute atomic E-state index is 13.0. The minimum absolute atomic E-state index is 0.128. The third-order valence-corrected chi connectivity index (χ3v) is 6.57. The van der Waals surface area contributed by atoms with Crippen LogP contribution in [-0.4, -0.2) is 40.9 Å². The molecular weight excluding hydrogens is 288 g/mol. The average molecular weight is 314 g/mol. The van der Waals surface area contributed by atoms with Crippen molar-refractivity contribution in [1.29, 1.82) is 0 Å². The van der Waals surface area contributed by atoms with E-state index in [2.05, 4.69) is 4.98 Å². The highest BCUT2D eigenvalue weighted by Gasteiger charge is 2.43. The van der Waals surface area contributed by atoms with Gasteiger partial charge in [0.15, 0.2) is 5.03 Å². The van der Waals surface area contributed by atoms with E-state index in [0.717, 1.165) is 32.1 Å². The molecule has 120 valence electrons. The van der Waals surface area contributed by atoms with Gasteiger partial charge in [0.1, 0.15) is 5.82 Å². The molecule has 1 fully saturated rings. The first kappa shape index (κ1) is 16.5. The fourth-order valence-corrected chi connectivity index (χ4v) is 5.16. The number of rotatable bonds is 5. The van der Waals surface area contributed by atoms with Crippen molar-refractivity contribution >= 4 is 10.0 Å². The van der Waals surface area contributed by atoms with Gasteiger partial charge in [0, 0.05) is 31.9 Å². The van der Waals surface area contributed by atoms with Crippen LogP contribution in [0.3, 0.4) is 0 Å². The first-order valence-corrected chi connectivity index (χ1v) is 9.04. The molecule has 0 aromatic carbocycles. The smallest absolute Gasteiger partial charge is 0.262 e. The number of likely N-dealkylation sites (N-methyl/N-ethyl adjacent to an activating group) is 1. The molecule has 2 rings (SSSR count). The van der Waals surface area contributed by atoms with Gasteiger partial charge in [-0.05, 0) is 19.8 Å². The Balaban J connectivity index is 2.43. The summed E-state index contributed by atoms with van der Waals surface area (Å²) in [5.41, 5.74) is 5.55. The molecule has 0 unspecified atom stereocenters. The monoisotopic (exact) mass is 314 g/mol. The van der Waals surface area contributed by atoms with Gasteiger partial charge in [-0.1, -0.05) is 26.2 Å². The van der Waals surface area contributed by atoms with Crippen molar-refractivity contribution < 1.29 is 8.42 Å². The second-order valence-corrected chi connectivity index (χ2v) is 7.71. The fraction of sp³-hybridized carbons (Fsp3) is 0.786. The van der Waals surface area contributed by atoms with Gasteiger partial charge in [-0.15, -0.1) is 0 Å². The van der Waals surface area contributed by atoms with Crippen LogP contribution in [-0.2, 0) is 17.1 Å². The van der Waals surface area contributed by atoms with E-state index in [1.165, 1.54) is 0 Å². The molecule has 1 aromatic heterocycles. The number of nitrogens with two attached hydrogens (primary N) is 1. The average Bonchev–Trinajstić information content (AvgIpc) is 2.81. The van der Waals surface area contributed by atoms with E-state index in [0.29, 0.717) is 18.9 Å². The molecule has 0 saturated heterocycles. The zero-order chi connectivity index (χ0) is 15.7. The Hall–Kier alpha value is -0.920. The lowest BCUT2D eigenvalue weighted by molar-refractivity contribution is 0.140. The van der Waals surface area contributed by atoms with Crippen LogP contribution in [0.15, 0.2) is 11.2 Å². The molecule has 0 atom stereocenters. The minimum Gasteiger partial charge on any atom is -0.337 e. The molecule has 1 aromatic rings. The van der Waals surface area contributed by atoms with Gasteiger partial charge in [0.25, 0.3) is 10.0 Å². The predicted octanol–water partition coefficient (Wildman–Crippen LogP) is 1.40. The van der Waals surface area contributed by atoms with Crippen LogP contribution in [0.4, 0.5) is 0 Å². The highest BCUT2D eigenvalue weighted by Crippen LogP contribution is 2.36. The lowest BCUT2D eigenvalue weighted by atomic mass is 9.81. The van der Waals surface area contributed by atoms with Crippen LogP contribution in [0.2, 0.25) is 0 Å². The van der Waals surface area contributed by atoms with Gasteiger partial charge in [-0.2, -0.15) is 4.31 Å². The lowest BCUT2D eigenvalue weighted by Gasteiger charge is -2.44. The van der Waals surface area contributed by atoms with E-state index in [4.69, 9.17) is 5.73 Å². The Kier molecular flexibility index (Phi) is 4.75. The van der Waals surface area contributed by atoms with Crippen molar-refractivity contribution in [3.05, 3.63) is 12.0 Å². The fourth-order valence-electron chi connectivity index (χ4n) is 3.29. The molecule has 0 bridgehead atoms. The molecule has 21 heavy (non-hydrogen) atoms. The number of hydrogen-bond donors (Lipinski definition) is 1. The quantitative estimate of drug-likeness (QED) is 0.891. The van der Waals surface area contributed by atoms with Crippen LogP contribution in [0.1, 0.15) is 44.9 Å². The summed E-state index contributed by atoms with van der Waals surface area (Å²) < 4.78 is 29.3. The molecule has 1 aliphatic rings. The maximum atomic E-state index is 13.0. The Morgan fingerprint density at radius 2 is 2.00 bits per heavy atom. The summed E-state index contributed by atoms with van der Waals surface area (Å²) in [6.45, 7) is 4.47. The van der Waals surface area contributed by atoms with E-state index in [-0.39, 0.29) is 5.03 Å². The molecule has 0 aliphatic heterocycles. The molecule has 0 amide bonds. The summed E-state index contributed by atoms with van der Waals surface area (Å²) in [6.07, 6.45) is 6.47. The highest BCUT2D eigenvalue weighted by atomic mass is 32.2. The normalized spacial score (nSPS) is 19.1. The van der Waals surface area contributed by atoms with Crippen molar-refractivity contribution in [3.8, 4) is 0 Å². The highest BCUT2D eigenvalue weighted by molar-refractivity contribution is 7.89. The van der Waals surface area contributed by atoms with Crippen molar-refractivity contribution in [2.45, 2.75) is 56.5 Å². The lowest BCUT2D eigenvalue weighted by Crippen LogP contribution is -2.57. The summed E-state index contributed by atoms with van der Waals surface area (Å²) in [6, 6.07) is 0. The number of sulfonamides is 1. The van der Waals surface area contributed by atoms with Crippen molar-refractivity contribution in [1.82, 2.24) is 13.9 Å². The van der Waals surface area contributed by atoms with Crippen LogP contribution < -0.4 is 5.73 Å². The number of nitrogens with zero attached hydrogens (tertiary/aromatic N) is 3. The molecular formula is C14H26N4O2S. The van der Waals surface area contributed by atoms with Crippen LogP contribution in [0.25, 0.3) is 0 Å². The van der Waals surface area contributed by atoms with Gasteiger partial charge in [0.05, 0.1) is 0 Å². The number of aromatic nitrogens is 2. The zero-order valence-electron chi connectivity index (χ0n) is 13.2. The third kappa shape index (κ3) is 2.86. The Bertz CT molecular complexity index is 569. The Morgan fingerprint density at radius 3 is 2.43 bits per heavy atom. The topological polar surface area (TPSA) is 81.2 Å². The molecule has 1 aliphatic carbocycles. The van der Waals surface area contributed by atoms with Gasteiger partial charge < -0.3 is 10.3 Å². The van der Waals surface area contributed by atoms with Crippen LogP contribution in [0.5, 0.6) is 0 Å². The van der Waals surface area contributed by atoms with Gasteiger partial charge in [0.2, 0.25) is 0 Å². The van der Waals surface area contributed by atoms with Gasteiger partial charge >= 0.3 is 0 Å². The van der Waals surface area contributed by atoms with E-state index >= 15 is 0 Å². The van der Waals surface area contributed by atoms with E-state index in [9.17, 15) is 8.42 Å². The second kappa shape index (κ2) is 6.06. The summed E-state index contributed by atoms with van der Waals surface area (Å²) in [5, 5.41) is 0.128. The SMILES string of the molecule is CCN(C1(CN)CCCCC1)S(=O)(=O)c1cn(C)c(C)n1. The predicted molar refractivity (Wildman–Crippen MR) is 82.4 cm³/mol. The van der Waals surface area contributed by atoms with Gasteiger partial charge in [-0.3, -0.25) is 0 Å². The Labute approximate surface area is 127 Å². The minimum atomic E-state index is -3.60. The molecule has 0 radical (unpaired) electrons. The first-order chi connectivity index (χ1) is 9.87. The summed E-state index contributed by atoms with van der Waals surface area (Å²) in [7, 11) is -1.80. The third-order valence-electron chi connectivity index (χ3n) is 4.62. The molecule has 7 heteroatoms. The van der Waals surface area contributed by atoms with E-state index in [1.54, 1.807) is 29.0 Å². The van der Waals surface area contributed by atoms with Crippen LogP contribution >= 0.6 is 0 Å². The molecule has 6 nitrogen and oxygen atoms in total. The van der Waals surface area contributed by atoms with Crippen molar-refractivity contribution in [3.63, 3.8) is 0 Å². The molecule has 1 heterocycles. The summed E-state index contributed by atoms with van der Waals surface area (Å²) >= 11 is 0. The number of aryl methyl sites for hydroxylation is 2. The first-order valence-electron chi connectivity index (χ1n) is 7.60. The number of imidazole rings is 1. The molecule has 2 N–H and O–H groups in total. The van der Waals surface area contributed by atoms with E-state index in [1.807, 2.05) is 6.92 Å². The standard InChI is InChI=1S/C14H26N4O2S/c1-4-18(14(11-15)8-6-5-7-9-14)21(19,20)13-10-17(3)12(2)16-13/h10H,4-9,11,15H2,1-3H3. The second-order valence-electron chi connectivity index (χ2n) is 5.90. The van der Waals surface area contributed by atoms with E-state index < -0.39 is 15.6 Å². The largest absolute Gasteiger partial charge is 0.337 e. The zero-order valence-corrected chi connectivity index (χ0v) is 14.0. The molecule has 1 saturated carbocycles. The summed E-state index contributed by atoms with van der Waals surface area (Å²) in [4.78, 5) is 4.20. The maximum Gasteiger partial charge on any atom is 0.262 e. The van der Waals surface area contributed by atoms with Crippen molar-refractivity contribution in [2.75, 3.05) is 13.1 Å². The number of hydrogen-bond acceptors (Lipinski definition) is 4. The molecule has 0 spiro atoms. The van der Waals surface area contributed by atoms with Crippen molar-refractivity contribution in [2.24, 2.45) is 12.8 Å². The van der Waals surface area contributed by atoms with Gasteiger partial charge in [-0.25, -0.2) is 13.4 Å². The van der Waals surface area contributed by atoms with Crippen LogP contribution in [0, 0.1) is 6.92 Å².